The molecule has 6 nitrogen and oxygen atoms in total. The zero-order valence-corrected chi connectivity index (χ0v) is 14.1. The third kappa shape index (κ3) is 4.43. The molecule has 0 bridgehead atoms. The number of hydrogen-bond acceptors (Lipinski definition) is 4. The lowest BCUT2D eigenvalue weighted by atomic mass is 10.0. The average molecular weight is 340 g/mol. The normalized spacial score (nSPS) is 17.5. The van der Waals surface area contributed by atoms with Gasteiger partial charge in [-0.05, 0) is 25.1 Å². The minimum absolute atomic E-state index is 0.125. The van der Waals surface area contributed by atoms with Crippen LogP contribution in [0.15, 0.2) is 18.2 Å². The molecule has 1 saturated heterocycles. The van der Waals surface area contributed by atoms with E-state index in [0.29, 0.717) is 42.6 Å². The molecule has 2 atom stereocenters. The van der Waals surface area contributed by atoms with Gasteiger partial charge in [0, 0.05) is 24.8 Å². The van der Waals surface area contributed by atoms with Gasteiger partial charge in [-0.2, -0.15) is 0 Å². The van der Waals surface area contributed by atoms with Crippen LogP contribution in [0.5, 0.6) is 0 Å². The number of anilines is 1. The predicted molar refractivity (Wildman–Crippen MR) is 89.6 cm³/mol. The number of nitrogens with one attached hydrogen (secondary N) is 1. The zero-order valence-electron chi connectivity index (χ0n) is 13.3. The molecule has 1 aromatic carbocycles. The second kappa shape index (κ2) is 7.77. The van der Waals surface area contributed by atoms with E-state index in [-0.39, 0.29) is 23.8 Å². The standard InChI is InChI=1S/C16H22ClN3O3/c1-10(11(2)18)15(21)19-12-3-4-13(14(17)9-12)16(22)20-5-7-23-8-6-20/h3-4,9-11H,5-8,18H2,1-2H3,(H,19,21). The van der Waals surface area contributed by atoms with Gasteiger partial charge in [-0.25, -0.2) is 0 Å². The predicted octanol–water partition coefficient (Wildman–Crippen LogP) is 1.73. The van der Waals surface area contributed by atoms with E-state index in [1.54, 1.807) is 36.9 Å². The highest BCUT2D eigenvalue weighted by Gasteiger charge is 2.22. The Bertz CT molecular complexity index is 586. The molecule has 1 heterocycles. The van der Waals surface area contributed by atoms with E-state index in [1.165, 1.54) is 0 Å². The fourth-order valence-electron chi connectivity index (χ4n) is 2.20. The maximum absolute atomic E-state index is 12.4. The number of halogens is 1. The van der Waals surface area contributed by atoms with Crippen molar-refractivity contribution >= 4 is 29.1 Å². The summed E-state index contributed by atoms with van der Waals surface area (Å²) in [6.45, 7) is 5.72. The summed E-state index contributed by atoms with van der Waals surface area (Å²) in [6, 6.07) is 4.64. The molecule has 2 amide bonds. The monoisotopic (exact) mass is 339 g/mol. The van der Waals surface area contributed by atoms with E-state index in [0.717, 1.165) is 0 Å². The number of hydrogen-bond donors (Lipinski definition) is 2. The molecular formula is C16H22ClN3O3. The Balaban J connectivity index is 2.08. The number of nitrogens with two attached hydrogens (primary N) is 1. The number of ether oxygens (including phenoxy) is 1. The number of nitrogens with zero attached hydrogens (tertiary/aromatic N) is 1. The van der Waals surface area contributed by atoms with E-state index in [2.05, 4.69) is 5.32 Å². The largest absolute Gasteiger partial charge is 0.378 e. The number of morpholine rings is 1. The molecule has 0 aliphatic carbocycles. The molecule has 1 aliphatic rings. The van der Waals surface area contributed by atoms with Crippen LogP contribution >= 0.6 is 11.6 Å². The fourth-order valence-corrected chi connectivity index (χ4v) is 2.46. The molecule has 23 heavy (non-hydrogen) atoms. The summed E-state index contributed by atoms with van der Waals surface area (Å²) in [6.07, 6.45) is 0. The molecule has 1 aromatic rings. The van der Waals surface area contributed by atoms with Crippen molar-refractivity contribution in [3.63, 3.8) is 0 Å². The first-order valence-corrected chi connectivity index (χ1v) is 8.01. The molecule has 7 heteroatoms. The second-order valence-corrected chi connectivity index (χ2v) is 6.14. The van der Waals surface area contributed by atoms with Crippen molar-refractivity contribution in [2.45, 2.75) is 19.9 Å². The summed E-state index contributed by atoms with van der Waals surface area (Å²) in [4.78, 5) is 26.2. The quantitative estimate of drug-likeness (QED) is 0.875. The van der Waals surface area contributed by atoms with Crippen LogP contribution < -0.4 is 11.1 Å². The van der Waals surface area contributed by atoms with Crippen molar-refractivity contribution in [2.75, 3.05) is 31.6 Å². The summed E-state index contributed by atoms with van der Waals surface area (Å²) in [5, 5.41) is 3.07. The van der Waals surface area contributed by atoms with Crippen LogP contribution in [0.1, 0.15) is 24.2 Å². The molecule has 1 fully saturated rings. The number of benzene rings is 1. The molecule has 0 spiro atoms. The van der Waals surface area contributed by atoms with Crippen molar-refractivity contribution in [1.29, 1.82) is 0 Å². The minimum Gasteiger partial charge on any atom is -0.378 e. The molecule has 2 unspecified atom stereocenters. The Morgan fingerprint density at radius 1 is 1.30 bits per heavy atom. The molecule has 2 rings (SSSR count). The number of amides is 2. The molecule has 0 saturated carbocycles. The Labute approximate surface area is 140 Å². The maximum atomic E-state index is 12.4. The summed E-state index contributed by atoms with van der Waals surface area (Å²) >= 11 is 6.21. The first-order valence-electron chi connectivity index (χ1n) is 7.63. The molecule has 0 aromatic heterocycles. The number of carbonyl (C=O) groups excluding carboxylic acids is 2. The van der Waals surface area contributed by atoms with E-state index < -0.39 is 0 Å². The van der Waals surface area contributed by atoms with Crippen LogP contribution in [0.4, 0.5) is 5.69 Å². The van der Waals surface area contributed by atoms with E-state index in [4.69, 9.17) is 22.1 Å². The van der Waals surface area contributed by atoms with Gasteiger partial charge in [-0.3, -0.25) is 9.59 Å². The van der Waals surface area contributed by atoms with Crippen molar-refractivity contribution in [1.82, 2.24) is 4.90 Å². The Hall–Kier alpha value is -1.63. The highest BCUT2D eigenvalue weighted by atomic mass is 35.5. The lowest BCUT2D eigenvalue weighted by Crippen LogP contribution is -2.40. The summed E-state index contributed by atoms with van der Waals surface area (Å²) in [7, 11) is 0. The number of carbonyl (C=O) groups is 2. The molecule has 126 valence electrons. The third-order valence-electron chi connectivity index (χ3n) is 3.97. The van der Waals surface area contributed by atoms with Gasteiger partial charge >= 0.3 is 0 Å². The van der Waals surface area contributed by atoms with E-state index in [9.17, 15) is 9.59 Å². The minimum atomic E-state index is -0.316. The van der Waals surface area contributed by atoms with Gasteiger partial charge in [0.1, 0.15) is 0 Å². The smallest absolute Gasteiger partial charge is 0.255 e. The summed E-state index contributed by atoms with van der Waals surface area (Å²) in [5.41, 5.74) is 6.69. The van der Waals surface area contributed by atoms with Gasteiger partial charge in [0.05, 0.1) is 29.7 Å². The topological polar surface area (TPSA) is 84.7 Å². The van der Waals surface area contributed by atoms with Gasteiger partial charge in [-0.1, -0.05) is 18.5 Å². The maximum Gasteiger partial charge on any atom is 0.255 e. The Morgan fingerprint density at radius 2 is 1.96 bits per heavy atom. The molecule has 0 radical (unpaired) electrons. The van der Waals surface area contributed by atoms with Crippen LogP contribution in [0.25, 0.3) is 0 Å². The lowest BCUT2D eigenvalue weighted by molar-refractivity contribution is -0.119. The van der Waals surface area contributed by atoms with Crippen LogP contribution in [0, 0.1) is 5.92 Å². The van der Waals surface area contributed by atoms with Crippen LogP contribution in [-0.4, -0.2) is 49.1 Å². The Morgan fingerprint density at radius 3 is 2.52 bits per heavy atom. The van der Waals surface area contributed by atoms with Gasteiger partial charge in [-0.15, -0.1) is 0 Å². The van der Waals surface area contributed by atoms with Crippen molar-refractivity contribution in [3.8, 4) is 0 Å². The first-order chi connectivity index (χ1) is 10.9. The van der Waals surface area contributed by atoms with E-state index in [1.807, 2.05) is 0 Å². The van der Waals surface area contributed by atoms with E-state index >= 15 is 0 Å². The molecular weight excluding hydrogens is 318 g/mol. The summed E-state index contributed by atoms with van der Waals surface area (Å²) < 4.78 is 5.24. The van der Waals surface area contributed by atoms with Gasteiger partial charge < -0.3 is 20.7 Å². The number of rotatable bonds is 4. The van der Waals surface area contributed by atoms with Crippen LogP contribution in [0.2, 0.25) is 5.02 Å². The third-order valence-corrected chi connectivity index (χ3v) is 4.28. The van der Waals surface area contributed by atoms with Crippen LogP contribution in [0.3, 0.4) is 0 Å². The SMILES string of the molecule is CC(N)C(C)C(=O)Nc1ccc(C(=O)N2CCOCC2)c(Cl)c1. The summed E-state index contributed by atoms with van der Waals surface area (Å²) in [5.74, 6) is -0.619. The van der Waals surface area contributed by atoms with Gasteiger partial charge in [0.2, 0.25) is 5.91 Å². The average Bonchev–Trinajstić information content (AvgIpc) is 2.54. The van der Waals surface area contributed by atoms with Crippen molar-refractivity contribution < 1.29 is 14.3 Å². The van der Waals surface area contributed by atoms with Gasteiger partial charge in [0.15, 0.2) is 0 Å². The first kappa shape index (κ1) is 17.7. The van der Waals surface area contributed by atoms with Crippen LogP contribution in [-0.2, 0) is 9.53 Å². The van der Waals surface area contributed by atoms with Crippen molar-refractivity contribution in [2.24, 2.45) is 11.7 Å². The Kier molecular flexibility index (Phi) is 5.98. The van der Waals surface area contributed by atoms with Crippen molar-refractivity contribution in [3.05, 3.63) is 28.8 Å². The molecule has 1 aliphatic heterocycles. The highest BCUT2D eigenvalue weighted by Crippen LogP contribution is 2.23. The molecule has 3 N–H and O–H groups in total. The van der Waals surface area contributed by atoms with Gasteiger partial charge in [0.25, 0.3) is 5.91 Å². The second-order valence-electron chi connectivity index (χ2n) is 5.74. The fraction of sp³-hybridized carbons (Fsp3) is 0.500. The highest BCUT2D eigenvalue weighted by molar-refractivity contribution is 6.34. The zero-order chi connectivity index (χ0) is 17.0. The lowest BCUT2D eigenvalue weighted by Gasteiger charge is -2.27.